The topological polar surface area (TPSA) is 20.2 Å². The predicted octanol–water partition coefficient (Wildman–Crippen LogP) is 1.57. The van der Waals surface area contributed by atoms with Gasteiger partial charge in [-0.15, -0.1) is 0 Å². The molecule has 1 nitrogen and oxygen atoms in total. The molecule has 0 bridgehead atoms. The van der Waals surface area contributed by atoms with E-state index in [0.717, 1.165) is 12.8 Å². The molecule has 0 rings (SSSR count). The van der Waals surface area contributed by atoms with Crippen LogP contribution in [0.15, 0.2) is 0 Å². The van der Waals surface area contributed by atoms with Crippen LogP contribution in [-0.4, -0.2) is 62.1 Å². The van der Waals surface area contributed by atoms with Crippen molar-refractivity contribution in [1.29, 1.82) is 0 Å². The first-order valence-corrected chi connectivity index (χ1v) is 3.28. The minimum Gasteiger partial charge on any atom is -0.390 e. The van der Waals surface area contributed by atoms with Crippen LogP contribution >= 0.6 is 0 Å². The molecule has 0 aromatic heterocycles. The van der Waals surface area contributed by atoms with Gasteiger partial charge in [0, 0.05) is 51.4 Å². The molecule has 0 fully saturated rings. The van der Waals surface area contributed by atoms with Gasteiger partial charge >= 0.3 is 0 Å². The van der Waals surface area contributed by atoms with E-state index in [0.29, 0.717) is 0 Å². The van der Waals surface area contributed by atoms with Crippen molar-refractivity contribution < 1.29 is 5.11 Å². The SMILES string of the molecule is CCCCC(C)(C)O.[K]. The van der Waals surface area contributed by atoms with Crippen LogP contribution in [0.2, 0.25) is 0 Å². The molecule has 0 saturated heterocycles. The Labute approximate surface area is 101 Å². The minimum absolute atomic E-state index is 0. The fraction of sp³-hybridized carbons (Fsp3) is 1.00. The van der Waals surface area contributed by atoms with Crippen LogP contribution < -0.4 is 0 Å². The van der Waals surface area contributed by atoms with E-state index >= 15 is 0 Å². The molecule has 0 aliphatic heterocycles. The zero-order valence-electron chi connectivity index (χ0n) is 7.07. The van der Waals surface area contributed by atoms with Crippen molar-refractivity contribution in [1.82, 2.24) is 0 Å². The molecule has 1 radical (unpaired) electrons. The Bertz CT molecular complexity index is 56.4. The normalized spacial score (nSPS) is 10.7. The number of hydrogen-bond acceptors (Lipinski definition) is 1. The number of unbranched alkanes of at least 4 members (excludes halogenated alkanes) is 1. The molecular weight excluding hydrogens is 139 g/mol. The van der Waals surface area contributed by atoms with E-state index < -0.39 is 5.60 Å². The van der Waals surface area contributed by atoms with Gasteiger partial charge in [0.25, 0.3) is 0 Å². The Morgan fingerprint density at radius 2 is 1.78 bits per heavy atom. The van der Waals surface area contributed by atoms with Gasteiger partial charge in [-0.25, -0.2) is 0 Å². The molecule has 1 N–H and O–H groups in total. The first-order chi connectivity index (χ1) is 3.56. The van der Waals surface area contributed by atoms with E-state index in [1.54, 1.807) is 0 Å². The Hall–Kier alpha value is 1.60. The van der Waals surface area contributed by atoms with E-state index in [2.05, 4.69) is 6.92 Å². The van der Waals surface area contributed by atoms with Gasteiger partial charge in [0.2, 0.25) is 0 Å². The van der Waals surface area contributed by atoms with E-state index in [1.807, 2.05) is 13.8 Å². The van der Waals surface area contributed by atoms with Crippen LogP contribution in [0.5, 0.6) is 0 Å². The summed E-state index contributed by atoms with van der Waals surface area (Å²) in [5.74, 6) is 0. The largest absolute Gasteiger partial charge is 0.390 e. The summed E-state index contributed by atoms with van der Waals surface area (Å²) in [6, 6.07) is 0. The number of aliphatic hydroxyl groups is 1. The third-order valence-electron chi connectivity index (χ3n) is 1.14. The molecule has 0 aliphatic carbocycles. The minimum atomic E-state index is -0.448. The van der Waals surface area contributed by atoms with Gasteiger partial charge in [0.15, 0.2) is 0 Å². The van der Waals surface area contributed by atoms with Gasteiger partial charge in [-0.2, -0.15) is 0 Å². The Kier molecular flexibility index (Phi) is 9.27. The summed E-state index contributed by atoms with van der Waals surface area (Å²) >= 11 is 0. The van der Waals surface area contributed by atoms with Crippen LogP contribution in [-0.2, 0) is 0 Å². The van der Waals surface area contributed by atoms with Gasteiger partial charge in [-0.1, -0.05) is 19.8 Å². The molecule has 51 valence electrons. The fourth-order valence-corrected chi connectivity index (χ4v) is 0.609. The van der Waals surface area contributed by atoms with Crippen molar-refractivity contribution >= 4 is 51.4 Å². The van der Waals surface area contributed by atoms with Crippen LogP contribution in [0.3, 0.4) is 0 Å². The molecule has 0 heterocycles. The monoisotopic (exact) mass is 155 g/mol. The maximum atomic E-state index is 9.15. The van der Waals surface area contributed by atoms with Crippen molar-refractivity contribution in [2.24, 2.45) is 0 Å². The smallest absolute Gasteiger partial charge is 0.0591 e. The molecule has 2 heteroatoms. The first-order valence-electron chi connectivity index (χ1n) is 3.28. The van der Waals surface area contributed by atoms with Gasteiger partial charge < -0.3 is 5.11 Å². The van der Waals surface area contributed by atoms with Crippen molar-refractivity contribution in [2.45, 2.75) is 45.6 Å². The molecular formula is C7H16KO. The fourth-order valence-electron chi connectivity index (χ4n) is 0.609. The summed E-state index contributed by atoms with van der Waals surface area (Å²) in [5.41, 5.74) is -0.448. The van der Waals surface area contributed by atoms with E-state index in [1.165, 1.54) is 6.42 Å². The van der Waals surface area contributed by atoms with Crippen LogP contribution in [0.1, 0.15) is 40.0 Å². The van der Waals surface area contributed by atoms with Crippen molar-refractivity contribution in [3.8, 4) is 0 Å². The average molecular weight is 155 g/mol. The summed E-state index contributed by atoms with van der Waals surface area (Å²) in [6.07, 6.45) is 3.22. The second-order valence-electron chi connectivity index (χ2n) is 2.92. The first kappa shape index (κ1) is 13.2. The standard InChI is InChI=1S/C7H16O.K/c1-4-5-6-7(2,3)8;/h8H,4-6H2,1-3H3;. The third kappa shape index (κ3) is 12.7. The third-order valence-corrected chi connectivity index (χ3v) is 1.14. The van der Waals surface area contributed by atoms with E-state index in [9.17, 15) is 0 Å². The van der Waals surface area contributed by atoms with Crippen LogP contribution in [0.4, 0.5) is 0 Å². The Balaban J connectivity index is 0. The van der Waals surface area contributed by atoms with Gasteiger partial charge in [-0.05, 0) is 20.3 Å². The Morgan fingerprint density at radius 3 is 1.89 bits per heavy atom. The second kappa shape index (κ2) is 6.32. The molecule has 0 unspecified atom stereocenters. The molecule has 0 aliphatic rings. The summed E-state index contributed by atoms with van der Waals surface area (Å²) in [6.45, 7) is 5.83. The maximum Gasteiger partial charge on any atom is 0.0591 e. The second-order valence-corrected chi connectivity index (χ2v) is 2.92. The average Bonchev–Trinajstić information content (AvgIpc) is 1.59. The Morgan fingerprint density at radius 1 is 1.33 bits per heavy atom. The number of hydrogen-bond donors (Lipinski definition) is 1. The van der Waals surface area contributed by atoms with E-state index in [4.69, 9.17) is 5.11 Å². The maximum absolute atomic E-state index is 9.15. The zero-order valence-corrected chi connectivity index (χ0v) is 10.2. The molecule has 9 heavy (non-hydrogen) atoms. The predicted molar refractivity (Wildman–Crippen MR) is 41.6 cm³/mol. The quantitative estimate of drug-likeness (QED) is 0.613. The van der Waals surface area contributed by atoms with Crippen molar-refractivity contribution in [3.63, 3.8) is 0 Å². The summed E-state index contributed by atoms with van der Waals surface area (Å²) in [7, 11) is 0. The molecule has 0 aromatic carbocycles. The molecule has 0 aromatic rings. The van der Waals surface area contributed by atoms with Crippen molar-refractivity contribution in [2.75, 3.05) is 0 Å². The van der Waals surface area contributed by atoms with Gasteiger partial charge in [0.1, 0.15) is 0 Å². The molecule has 0 atom stereocenters. The molecule has 0 spiro atoms. The van der Waals surface area contributed by atoms with E-state index in [-0.39, 0.29) is 51.4 Å². The number of rotatable bonds is 3. The zero-order chi connectivity index (χ0) is 6.62. The van der Waals surface area contributed by atoms with Gasteiger partial charge in [-0.3, -0.25) is 0 Å². The summed E-state index contributed by atoms with van der Waals surface area (Å²) in [5, 5.41) is 9.15. The summed E-state index contributed by atoms with van der Waals surface area (Å²) in [4.78, 5) is 0. The van der Waals surface area contributed by atoms with Gasteiger partial charge in [0.05, 0.1) is 5.60 Å². The summed E-state index contributed by atoms with van der Waals surface area (Å²) < 4.78 is 0. The van der Waals surface area contributed by atoms with Crippen LogP contribution in [0, 0.1) is 0 Å². The van der Waals surface area contributed by atoms with Crippen LogP contribution in [0.25, 0.3) is 0 Å². The van der Waals surface area contributed by atoms with Crippen molar-refractivity contribution in [3.05, 3.63) is 0 Å². The molecule has 0 amide bonds. The molecule has 0 saturated carbocycles.